The van der Waals surface area contributed by atoms with E-state index in [4.69, 9.17) is 4.74 Å². The van der Waals surface area contributed by atoms with E-state index in [1.165, 1.54) is 23.6 Å². The number of aliphatic hydroxyl groups is 1. The smallest absolute Gasteiger partial charge is 0.359 e. The Hall–Kier alpha value is -4.04. The first-order chi connectivity index (χ1) is 17.5. The summed E-state index contributed by atoms with van der Waals surface area (Å²) in [7, 11) is 0. The standard InChI is InChI=1S/C28H24N2O5S/c1-17(31)29-25-23(32)22(30-26(33)21(27(30)36-25)18-11-5-2-6-12-18)28(34)35-24(19-13-7-3-8-14-19)20-15-9-4-10-16-20/h2-16,21,24-25,27,32H,1H3,(H,29,31)/t21-,25?,27-/m1/s1. The molecule has 7 nitrogen and oxygen atoms in total. The van der Waals surface area contributed by atoms with E-state index in [9.17, 15) is 19.5 Å². The molecule has 2 heterocycles. The summed E-state index contributed by atoms with van der Waals surface area (Å²) in [6.45, 7) is 1.33. The van der Waals surface area contributed by atoms with Gasteiger partial charge in [-0.1, -0.05) is 91.0 Å². The molecule has 182 valence electrons. The summed E-state index contributed by atoms with van der Waals surface area (Å²) >= 11 is 1.21. The van der Waals surface area contributed by atoms with E-state index in [0.29, 0.717) is 0 Å². The number of esters is 1. The number of carbonyl (C=O) groups is 3. The van der Waals surface area contributed by atoms with Gasteiger partial charge < -0.3 is 15.2 Å². The van der Waals surface area contributed by atoms with Crippen LogP contribution in [0, 0.1) is 0 Å². The lowest BCUT2D eigenvalue weighted by atomic mass is 9.89. The Balaban J connectivity index is 1.51. The van der Waals surface area contributed by atoms with Crippen molar-refractivity contribution in [3.05, 3.63) is 119 Å². The highest BCUT2D eigenvalue weighted by atomic mass is 32.2. The average Bonchev–Trinajstić information content (AvgIpc) is 2.90. The third kappa shape index (κ3) is 4.35. The highest BCUT2D eigenvalue weighted by Gasteiger charge is 2.57. The molecule has 36 heavy (non-hydrogen) atoms. The molecule has 1 fully saturated rings. The zero-order valence-corrected chi connectivity index (χ0v) is 20.2. The number of nitrogens with zero attached hydrogens (tertiary/aromatic N) is 1. The fraction of sp³-hybridized carbons (Fsp3) is 0.179. The highest BCUT2D eigenvalue weighted by Crippen LogP contribution is 2.50. The molecule has 2 N–H and O–H groups in total. The number of hydrogen-bond acceptors (Lipinski definition) is 6. The lowest BCUT2D eigenvalue weighted by molar-refractivity contribution is -0.154. The van der Waals surface area contributed by atoms with Gasteiger partial charge in [0.05, 0.1) is 5.92 Å². The van der Waals surface area contributed by atoms with Crippen LogP contribution in [0.15, 0.2) is 102 Å². The molecule has 0 aliphatic carbocycles. The van der Waals surface area contributed by atoms with E-state index in [0.717, 1.165) is 16.7 Å². The maximum atomic E-state index is 13.6. The fourth-order valence-electron chi connectivity index (χ4n) is 4.50. The highest BCUT2D eigenvalue weighted by molar-refractivity contribution is 8.00. The first-order valence-corrected chi connectivity index (χ1v) is 12.4. The van der Waals surface area contributed by atoms with Crippen LogP contribution in [0.5, 0.6) is 0 Å². The Labute approximate surface area is 212 Å². The molecular weight excluding hydrogens is 476 g/mol. The molecule has 1 unspecified atom stereocenters. The van der Waals surface area contributed by atoms with Gasteiger partial charge in [-0.3, -0.25) is 14.5 Å². The number of hydrogen-bond donors (Lipinski definition) is 2. The zero-order valence-electron chi connectivity index (χ0n) is 19.4. The van der Waals surface area contributed by atoms with Crippen LogP contribution in [0.1, 0.15) is 35.6 Å². The van der Waals surface area contributed by atoms with E-state index >= 15 is 0 Å². The predicted molar refractivity (Wildman–Crippen MR) is 135 cm³/mol. The minimum atomic E-state index is -0.891. The van der Waals surface area contributed by atoms with Gasteiger partial charge in [-0.05, 0) is 16.7 Å². The summed E-state index contributed by atoms with van der Waals surface area (Å²) in [6.07, 6.45) is -0.756. The lowest BCUT2D eigenvalue weighted by Gasteiger charge is -2.50. The summed E-state index contributed by atoms with van der Waals surface area (Å²) in [5, 5.41) is 12.3. The van der Waals surface area contributed by atoms with Crippen molar-refractivity contribution in [2.75, 3.05) is 0 Å². The topological polar surface area (TPSA) is 95.9 Å². The van der Waals surface area contributed by atoms with Crippen LogP contribution in [0.2, 0.25) is 0 Å². The summed E-state index contributed by atoms with van der Waals surface area (Å²) in [5.74, 6) is -2.44. The molecule has 0 bridgehead atoms. The monoisotopic (exact) mass is 500 g/mol. The second-order valence-electron chi connectivity index (χ2n) is 8.54. The number of carbonyl (C=O) groups excluding carboxylic acids is 3. The minimum Gasteiger partial charge on any atom is -0.507 e. The number of nitrogens with one attached hydrogen (secondary N) is 1. The number of amides is 2. The van der Waals surface area contributed by atoms with Gasteiger partial charge in [0.15, 0.2) is 17.6 Å². The van der Waals surface area contributed by atoms with Crippen LogP contribution < -0.4 is 5.32 Å². The van der Waals surface area contributed by atoms with Crippen molar-refractivity contribution >= 4 is 29.5 Å². The maximum absolute atomic E-state index is 13.6. The number of fused-ring (bicyclic) bond motifs is 1. The van der Waals surface area contributed by atoms with Crippen molar-refractivity contribution in [1.82, 2.24) is 10.2 Å². The molecule has 0 radical (unpaired) electrons. The van der Waals surface area contributed by atoms with Crippen LogP contribution in [-0.4, -0.2) is 38.5 Å². The average molecular weight is 501 g/mol. The number of benzene rings is 3. The summed E-state index contributed by atoms with van der Waals surface area (Å²) in [5.41, 5.74) is 2.05. The first kappa shape index (κ1) is 23.7. The van der Waals surface area contributed by atoms with Crippen molar-refractivity contribution in [1.29, 1.82) is 0 Å². The molecule has 3 aromatic carbocycles. The molecule has 0 spiro atoms. The number of thioether (sulfide) groups is 1. The third-order valence-electron chi connectivity index (χ3n) is 6.17. The maximum Gasteiger partial charge on any atom is 0.359 e. The molecule has 2 amide bonds. The molecule has 8 heteroatoms. The van der Waals surface area contributed by atoms with Crippen molar-refractivity contribution in [2.45, 2.75) is 29.7 Å². The van der Waals surface area contributed by atoms with Crippen molar-refractivity contribution < 1.29 is 24.2 Å². The SMILES string of the molecule is CC(=O)NC1S[C@@H]2[C@H](c3ccccc3)C(=O)N2C(C(=O)OC(c2ccccc2)c2ccccc2)=C1O. The molecule has 0 aromatic heterocycles. The molecule has 2 aliphatic rings. The van der Waals surface area contributed by atoms with Crippen LogP contribution in [0.25, 0.3) is 0 Å². The third-order valence-corrected chi connectivity index (χ3v) is 7.54. The van der Waals surface area contributed by atoms with Crippen molar-refractivity contribution in [3.8, 4) is 0 Å². The van der Waals surface area contributed by atoms with Crippen LogP contribution >= 0.6 is 11.8 Å². The van der Waals surface area contributed by atoms with Gasteiger partial charge in [-0.15, -0.1) is 11.8 Å². The summed E-state index contributed by atoms with van der Waals surface area (Å²) < 4.78 is 5.96. The second kappa shape index (κ2) is 9.91. The normalized spacial score (nSPS) is 21.0. The van der Waals surface area contributed by atoms with E-state index in [1.54, 1.807) is 0 Å². The predicted octanol–water partition coefficient (Wildman–Crippen LogP) is 4.25. The van der Waals surface area contributed by atoms with Crippen LogP contribution in [-0.2, 0) is 19.1 Å². The van der Waals surface area contributed by atoms with Crippen molar-refractivity contribution in [2.24, 2.45) is 0 Å². The fourth-order valence-corrected chi connectivity index (χ4v) is 6.01. The van der Waals surface area contributed by atoms with Crippen LogP contribution in [0.3, 0.4) is 0 Å². The number of rotatable bonds is 6. The molecule has 3 aromatic rings. The van der Waals surface area contributed by atoms with Gasteiger partial charge in [0.1, 0.15) is 10.7 Å². The van der Waals surface area contributed by atoms with E-state index < -0.39 is 34.5 Å². The number of β-lactam (4-membered cyclic amide) rings is 1. The lowest BCUT2D eigenvalue weighted by Crippen LogP contribution is -2.62. The van der Waals surface area contributed by atoms with E-state index in [1.807, 2.05) is 91.0 Å². The zero-order chi connectivity index (χ0) is 25.2. The Morgan fingerprint density at radius 2 is 1.44 bits per heavy atom. The first-order valence-electron chi connectivity index (χ1n) is 11.5. The van der Waals surface area contributed by atoms with Gasteiger partial charge in [0.25, 0.3) is 0 Å². The minimum absolute atomic E-state index is 0.244. The Morgan fingerprint density at radius 1 is 0.917 bits per heavy atom. The van der Waals surface area contributed by atoms with Gasteiger partial charge in [0, 0.05) is 6.92 Å². The van der Waals surface area contributed by atoms with Gasteiger partial charge in [0.2, 0.25) is 11.8 Å². The molecule has 1 saturated heterocycles. The van der Waals surface area contributed by atoms with Gasteiger partial charge >= 0.3 is 5.97 Å². The molecule has 2 aliphatic heterocycles. The summed E-state index contributed by atoms with van der Waals surface area (Å²) in [6, 6.07) is 27.8. The Bertz CT molecular complexity index is 1270. The van der Waals surface area contributed by atoms with E-state index in [2.05, 4.69) is 5.32 Å². The van der Waals surface area contributed by atoms with Crippen LogP contribution in [0.4, 0.5) is 0 Å². The Kier molecular flexibility index (Phi) is 6.52. The summed E-state index contributed by atoms with van der Waals surface area (Å²) in [4.78, 5) is 40.0. The number of aliphatic hydroxyl groups excluding tert-OH is 1. The molecule has 3 atom stereocenters. The molecular formula is C28H24N2O5S. The molecule has 5 rings (SSSR count). The largest absolute Gasteiger partial charge is 0.507 e. The van der Waals surface area contributed by atoms with E-state index in [-0.39, 0.29) is 17.5 Å². The Morgan fingerprint density at radius 3 is 1.97 bits per heavy atom. The van der Waals surface area contributed by atoms with Gasteiger partial charge in [-0.2, -0.15) is 0 Å². The quantitative estimate of drug-likeness (QED) is 0.388. The number of ether oxygens (including phenoxy) is 1. The molecule has 0 saturated carbocycles. The second-order valence-corrected chi connectivity index (χ2v) is 9.77. The van der Waals surface area contributed by atoms with Crippen molar-refractivity contribution in [3.63, 3.8) is 0 Å². The van der Waals surface area contributed by atoms with Gasteiger partial charge in [-0.25, -0.2) is 4.79 Å².